The maximum Gasteiger partial charge on any atom is 0.418 e. The molecule has 0 spiro atoms. The molecule has 0 bridgehead atoms. The highest BCUT2D eigenvalue weighted by Gasteiger charge is 2.35. The lowest BCUT2D eigenvalue weighted by Gasteiger charge is -2.16. The summed E-state index contributed by atoms with van der Waals surface area (Å²) in [7, 11) is 1.78. The number of hydrogen-bond donors (Lipinski definition) is 0. The van der Waals surface area contributed by atoms with E-state index in [0.717, 1.165) is 16.7 Å². The van der Waals surface area contributed by atoms with Crippen LogP contribution in [0, 0.1) is 0 Å². The molecular formula is C25H31BrF3N5O3Si. The molecule has 0 saturated carbocycles. The molecule has 0 N–H and O–H groups in total. The minimum Gasteiger partial charge on any atom is -0.493 e. The Labute approximate surface area is 227 Å². The highest BCUT2D eigenvalue weighted by molar-refractivity contribution is 9.10. The fourth-order valence-electron chi connectivity index (χ4n) is 4.26. The Bertz CT molecular complexity index is 1500. The Hall–Kier alpha value is -2.77. The number of halogens is 4. The lowest BCUT2D eigenvalue weighted by molar-refractivity contribution is -0.138. The second kappa shape index (κ2) is 10.8. The third kappa shape index (κ3) is 6.10. The number of nitrogens with zero attached hydrogens (tertiary/aromatic N) is 5. The van der Waals surface area contributed by atoms with Crippen LogP contribution in [0.3, 0.4) is 0 Å². The van der Waals surface area contributed by atoms with Crippen LogP contribution >= 0.6 is 15.9 Å². The molecule has 0 fully saturated rings. The molecule has 13 heteroatoms. The fourth-order valence-corrected chi connectivity index (χ4v) is 5.37. The molecule has 206 valence electrons. The number of ether oxygens (including phenoxy) is 2. The minimum absolute atomic E-state index is 0.0430. The van der Waals surface area contributed by atoms with E-state index in [2.05, 4.69) is 40.7 Å². The summed E-state index contributed by atoms with van der Waals surface area (Å²) in [5.74, 6) is 0.464. The summed E-state index contributed by atoms with van der Waals surface area (Å²) in [5, 5.41) is 4.75. The van der Waals surface area contributed by atoms with E-state index in [-0.39, 0.29) is 30.9 Å². The van der Waals surface area contributed by atoms with Crippen molar-refractivity contribution in [2.75, 3.05) is 13.7 Å². The molecule has 38 heavy (non-hydrogen) atoms. The molecule has 0 aliphatic heterocycles. The highest BCUT2D eigenvalue weighted by atomic mass is 79.9. The molecule has 1 aromatic carbocycles. The maximum atomic E-state index is 14.1. The van der Waals surface area contributed by atoms with Crippen LogP contribution in [0.15, 0.2) is 46.1 Å². The van der Waals surface area contributed by atoms with Gasteiger partial charge < -0.3 is 14.0 Å². The Morgan fingerprint density at radius 2 is 1.87 bits per heavy atom. The van der Waals surface area contributed by atoms with E-state index in [1.165, 1.54) is 28.8 Å². The molecule has 0 unspecified atom stereocenters. The van der Waals surface area contributed by atoms with Crippen LogP contribution < -0.4 is 10.3 Å². The van der Waals surface area contributed by atoms with Crippen LogP contribution in [0.5, 0.6) is 5.75 Å². The van der Waals surface area contributed by atoms with Gasteiger partial charge in [0.15, 0.2) is 5.75 Å². The lowest BCUT2D eigenvalue weighted by Crippen LogP contribution is -2.22. The van der Waals surface area contributed by atoms with Gasteiger partial charge in [-0.3, -0.25) is 14.2 Å². The minimum atomic E-state index is -4.58. The maximum absolute atomic E-state index is 14.1. The SMILES string of the molecule is COc1cnn(COCC[Si](C)(C)C)c1Cn1cc(Cn2c3cc(Br)ccc3c(=O)n2C)c(C(F)(F)F)c1. The zero-order chi connectivity index (χ0) is 27.8. The average molecular weight is 615 g/mol. The number of alkyl halides is 3. The van der Waals surface area contributed by atoms with Crippen LogP contribution in [-0.2, 0) is 37.8 Å². The molecule has 3 aromatic heterocycles. The third-order valence-electron chi connectivity index (χ3n) is 6.38. The summed E-state index contributed by atoms with van der Waals surface area (Å²) in [4.78, 5) is 12.7. The topological polar surface area (TPSA) is 68.1 Å². The largest absolute Gasteiger partial charge is 0.493 e. The average Bonchev–Trinajstić information content (AvgIpc) is 3.48. The van der Waals surface area contributed by atoms with E-state index in [1.54, 1.807) is 34.6 Å². The van der Waals surface area contributed by atoms with Gasteiger partial charge in [0.25, 0.3) is 5.56 Å². The van der Waals surface area contributed by atoms with E-state index < -0.39 is 19.8 Å². The van der Waals surface area contributed by atoms with E-state index in [9.17, 15) is 18.0 Å². The van der Waals surface area contributed by atoms with Crippen molar-refractivity contribution < 1.29 is 22.6 Å². The van der Waals surface area contributed by atoms with Gasteiger partial charge >= 0.3 is 6.18 Å². The first-order valence-corrected chi connectivity index (χ1v) is 16.6. The molecular weight excluding hydrogens is 583 g/mol. The molecule has 3 heterocycles. The molecule has 8 nitrogen and oxygen atoms in total. The Morgan fingerprint density at radius 1 is 1.13 bits per heavy atom. The van der Waals surface area contributed by atoms with Crippen LogP contribution in [0.1, 0.15) is 16.8 Å². The predicted molar refractivity (Wildman–Crippen MR) is 145 cm³/mol. The van der Waals surface area contributed by atoms with Gasteiger partial charge in [0.1, 0.15) is 12.4 Å². The summed E-state index contributed by atoms with van der Waals surface area (Å²) in [6.45, 7) is 7.50. The van der Waals surface area contributed by atoms with E-state index in [0.29, 0.717) is 29.0 Å². The van der Waals surface area contributed by atoms with Crippen LogP contribution in [0.4, 0.5) is 13.2 Å². The van der Waals surface area contributed by atoms with Gasteiger partial charge in [-0.1, -0.05) is 35.6 Å². The summed E-state index contributed by atoms with van der Waals surface area (Å²) in [5.41, 5.74) is 0.143. The number of rotatable bonds is 10. The van der Waals surface area contributed by atoms with Gasteiger partial charge in [-0.25, -0.2) is 4.68 Å². The summed E-state index contributed by atoms with van der Waals surface area (Å²) in [6.07, 6.45) is -0.503. The van der Waals surface area contributed by atoms with E-state index in [1.807, 2.05) is 0 Å². The van der Waals surface area contributed by atoms with Crippen LogP contribution in [0.25, 0.3) is 10.9 Å². The Kier molecular flexibility index (Phi) is 8.01. The van der Waals surface area contributed by atoms with Gasteiger partial charge in [-0.15, -0.1) is 0 Å². The highest BCUT2D eigenvalue weighted by Crippen LogP contribution is 2.34. The first-order chi connectivity index (χ1) is 17.8. The van der Waals surface area contributed by atoms with E-state index in [4.69, 9.17) is 9.47 Å². The Morgan fingerprint density at radius 3 is 2.53 bits per heavy atom. The van der Waals surface area contributed by atoms with Crippen molar-refractivity contribution in [3.05, 3.63) is 68.4 Å². The smallest absolute Gasteiger partial charge is 0.418 e. The van der Waals surface area contributed by atoms with Gasteiger partial charge in [0.05, 0.1) is 42.9 Å². The van der Waals surface area contributed by atoms with Crippen molar-refractivity contribution in [1.29, 1.82) is 0 Å². The molecule has 0 atom stereocenters. The summed E-state index contributed by atoms with van der Waals surface area (Å²) in [6, 6.07) is 6.11. The standard InChI is InChI=1S/C25H31BrF3N5O3Si/c1-31-24(35)19-7-6-18(26)10-21(19)34(31)13-17-12-32(14-20(17)25(27,28)29)15-22-23(36-2)11-30-33(22)16-37-8-9-38(3,4)5/h6-7,10-12,14H,8-9,13,15-16H2,1-5H3. The molecule has 0 amide bonds. The number of hydrogen-bond acceptors (Lipinski definition) is 4. The number of aromatic nitrogens is 5. The number of fused-ring (bicyclic) bond motifs is 1. The number of methoxy groups -OCH3 is 1. The monoisotopic (exact) mass is 613 g/mol. The normalized spacial score (nSPS) is 12.6. The van der Waals surface area contributed by atoms with Crippen LogP contribution in [-0.4, -0.2) is 45.5 Å². The van der Waals surface area contributed by atoms with Crippen molar-refractivity contribution in [2.24, 2.45) is 7.05 Å². The van der Waals surface area contributed by atoms with Gasteiger partial charge in [-0.2, -0.15) is 18.3 Å². The molecule has 0 aliphatic rings. The van der Waals surface area contributed by atoms with Crippen molar-refractivity contribution in [3.63, 3.8) is 0 Å². The van der Waals surface area contributed by atoms with Crippen molar-refractivity contribution >= 4 is 34.9 Å². The third-order valence-corrected chi connectivity index (χ3v) is 8.58. The summed E-state index contributed by atoms with van der Waals surface area (Å²) >= 11 is 3.38. The van der Waals surface area contributed by atoms with Crippen molar-refractivity contribution in [3.8, 4) is 5.75 Å². The number of benzene rings is 1. The van der Waals surface area contributed by atoms with Crippen LogP contribution in [0.2, 0.25) is 25.7 Å². The molecule has 0 saturated heterocycles. The van der Waals surface area contributed by atoms with Crippen molar-refractivity contribution in [2.45, 2.75) is 51.7 Å². The molecule has 0 radical (unpaired) electrons. The van der Waals surface area contributed by atoms with E-state index >= 15 is 0 Å². The second-order valence-electron chi connectivity index (χ2n) is 10.4. The Balaban J connectivity index is 1.65. The lowest BCUT2D eigenvalue weighted by atomic mass is 10.2. The summed E-state index contributed by atoms with van der Waals surface area (Å²) < 4.78 is 60.2. The second-order valence-corrected chi connectivity index (χ2v) is 17.0. The first-order valence-electron chi connectivity index (χ1n) is 12.1. The predicted octanol–water partition coefficient (Wildman–Crippen LogP) is 5.54. The first kappa shape index (κ1) is 28.2. The zero-order valence-electron chi connectivity index (χ0n) is 22.0. The molecule has 4 rings (SSSR count). The fraction of sp³-hybridized carbons (Fsp3) is 0.440. The van der Waals surface area contributed by atoms with Gasteiger partial charge in [0.2, 0.25) is 0 Å². The van der Waals surface area contributed by atoms with Crippen molar-refractivity contribution in [1.82, 2.24) is 23.7 Å². The molecule has 4 aromatic rings. The molecule has 0 aliphatic carbocycles. The van der Waals surface area contributed by atoms with Gasteiger partial charge in [0, 0.05) is 44.2 Å². The van der Waals surface area contributed by atoms with Gasteiger partial charge in [-0.05, 0) is 24.2 Å². The zero-order valence-corrected chi connectivity index (χ0v) is 24.6. The quantitative estimate of drug-likeness (QED) is 0.174.